The van der Waals surface area contributed by atoms with E-state index >= 15 is 0 Å². The average molecular weight is 472 g/mol. The van der Waals surface area contributed by atoms with Crippen molar-refractivity contribution in [3.63, 3.8) is 0 Å². The molecule has 0 saturated carbocycles. The van der Waals surface area contributed by atoms with Crippen LogP contribution in [-0.4, -0.2) is 37.6 Å². The summed E-state index contributed by atoms with van der Waals surface area (Å²) in [5.74, 6) is -0.451. The number of rotatable bonds is 6. The van der Waals surface area contributed by atoms with Crippen molar-refractivity contribution in [1.82, 2.24) is 9.62 Å². The van der Waals surface area contributed by atoms with Gasteiger partial charge < -0.3 is 10.6 Å². The molecule has 178 valence electrons. The molecular formula is C25H33N3O4S. The molecule has 2 amide bonds. The molecule has 0 aliphatic carbocycles. The number of nitrogens with one attached hydrogen (secondary N) is 2. The molecule has 0 unspecified atom stereocenters. The van der Waals surface area contributed by atoms with Gasteiger partial charge in [0.2, 0.25) is 21.8 Å². The van der Waals surface area contributed by atoms with Crippen LogP contribution in [0.4, 0.5) is 5.69 Å². The Kier molecular flexibility index (Phi) is 7.59. The lowest BCUT2D eigenvalue weighted by Crippen LogP contribution is -2.42. The lowest BCUT2D eigenvalue weighted by molar-refractivity contribution is -0.126. The highest BCUT2D eigenvalue weighted by atomic mass is 32.2. The highest BCUT2D eigenvalue weighted by molar-refractivity contribution is 7.89. The second kappa shape index (κ2) is 10.1. The second-order valence-electron chi connectivity index (χ2n) is 9.55. The van der Waals surface area contributed by atoms with Gasteiger partial charge in [0.1, 0.15) is 0 Å². The number of carbonyl (C=O) groups excluding carboxylic acids is 2. The first-order chi connectivity index (χ1) is 15.5. The molecule has 1 saturated heterocycles. The summed E-state index contributed by atoms with van der Waals surface area (Å²) in [6.07, 6.45) is 0.966. The fraction of sp³-hybridized carbons (Fsp3) is 0.440. The molecule has 0 spiro atoms. The third-order valence-electron chi connectivity index (χ3n) is 5.90. The molecule has 1 aliphatic rings. The highest BCUT2D eigenvalue weighted by Crippen LogP contribution is 2.27. The zero-order chi connectivity index (χ0) is 24.2. The minimum atomic E-state index is -3.58. The summed E-state index contributed by atoms with van der Waals surface area (Å²) in [5, 5.41) is 5.66. The van der Waals surface area contributed by atoms with Gasteiger partial charge >= 0.3 is 0 Å². The largest absolute Gasteiger partial charge is 0.352 e. The summed E-state index contributed by atoms with van der Waals surface area (Å²) in [7, 11) is -3.58. The number of sulfonamides is 1. The van der Waals surface area contributed by atoms with E-state index in [4.69, 9.17) is 0 Å². The summed E-state index contributed by atoms with van der Waals surface area (Å²) in [6, 6.07) is 14.4. The van der Waals surface area contributed by atoms with Crippen molar-refractivity contribution in [2.45, 2.75) is 57.4 Å². The molecule has 0 bridgehead atoms. The smallest absolute Gasteiger partial charge is 0.243 e. The zero-order valence-corrected chi connectivity index (χ0v) is 20.5. The van der Waals surface area contributed by atoms with Crippen molar-refractivity contribution in [1.29, 1.82) is 0 Å². The molecule has 2 aromatic carbocycles. The van der Waals surface area contributed by atoms with Crippen LogP contribution in [0.25, 0.3) is 0 Å². The molecule has 0 radical (unpaired) electrons. The van der Waals surface area contributed by atoms with E-state index in [2.05, 4.69) is 31.4 Å². The molecule has 1 fully saturated rings. The van der Waals surface area contributed by atoms with Crippen LogP contribution in [0.5, 0.6) is 0 Å². The van der Waals surface area contributed by atoms with E-state index in [0.29, 0.717) is 38.2 Å². The molecule has 0 aromatic heterocycles. The van der Waals surface area contributed by atoms with E-state index < -0.39 is 10.0 Å². The van der Waals surface area contributed by atoms with Crippen LogP contribution in [0, 0.1) is 5.92 Å². The first-order valence-electron chi connectivity index (χ1n) is 11.2. The molecule has 0 atom stereocenters. The monoisotopic (exact) mass is 471 g/mol. The molecule has 2 N–H and O–H groups in total. The Bertz CT molecular complexity index is 1100. The van der Waals surface area contributed by atoms with E-state index in [0.717, 1.165) is 11.1 Å². The third kappa shape index (κ3) is 6.42. The van der Waals surface area contributed by atoms with Gasteiger partial charge in [0.25, 0.3) is 0 Å². The number of carbonyl (C=O) groups is 2. The lowest BCUT2D eigenvalue weighted by Gasteiger charge is -2.30. The Morgan fingerprint density at radius 1 is 1.03 bits per heavy atom. The number of anilines is 1. The summed E-state index contributed by atoms with van der Waals surface area (Å²) >= 11 is 0. The third-order valence-corrected chi connectivity index (χ3v) is 7.81. The predicted molar refractivity (Wildman–Crippen MR) is 129 cm³/mol. The molecule has 8 heteroatoms. The number of benzene rings is 2. The minimum absolute atomic E-state index is 0.0424. The molecule has 2 aromatic rings. The molecular weight excluding hydrogens is 438 g/mol. The molecule has 7 nitrogen and oxygen atoms in total. The van der Waals surface area contributed by atoms with Gasteiger partial charge in [-0.2, -0.15) is 4.31 Å². The van der Waals surface area contributed by atoms with E-state index in [9.17, 15) is 18.0 Å². The van der Waals surface area contributed by atoms with Gasteiger partial charge in [-0.3, -0.25) is 9.59 Å². The Balaban J connectivity index is 1.54. The minimum Gasteiger partial charge on any atom is -0.352 e. The zero-order valence-electron chi connectivity index (χ0n) is 19.7. The van der Waals surface area contributed by atoms with Crippen LogP contribution in [-0.2, 0) is 31.6 Å². The van der Waals surface area contributed by atoms with E-state index in [-0.39, 0.29) is 28.0 Å². The fourth-order valence-corrected chi connectivity index (χ4v) is 5.40. The molecule has 1 aliphatic heterocycles. The van der Waals surface area contributed by atoms with Gasteiger partial charge in [0.05, 0.1) is 4.90 Å². The Morgan fingerprint density at radius 3 is 2.24 bits per heavy atom. The topological polar surface area (TPSA) is 95.6 Å². The quantitative estimate of drug-likeness (QED) is 0.672. The SMILES string of the molecule is CC(=O)Nc1cccc(CNC(=O)C2CCN(S(=O)(=O)c3ccc(C(C)(C)C)cc3)CC2)c1. The summed E-state index contributed by atoms with van der Waals surface area (Å²) in [6.45, 7) is 8.70. The van der Waals surface area contributed by atoms with Crippen LogP contribution >= 0.6 is 0 Å². The van der Waals surface area contributed by atoms with Gasteiger partial charge in [-0.25, -0.2) is 8.42 Å². The maximum absolute atomic E-state index is 13.0. The van der Waals surface area contributed by atoms with Crippen molar-refractivity contribution < 1.29 is 18.0 Å². The normalized spacial score (nSPS) is 15.8. The summed E-state index contributed by atoms with van der Waals surface area (Å²) in [4.78, 5) is 24.1. The molecule has 33 heavy (non-hydrogen) atoms. The Hall–Kier alpha value is -2.71. The van der Waals surface area contributed by atoms with Crippen molar-refractivity contribution in [3.05, 3.63) is 59.7 Å². The van der Waals surface area contributed by atoms with Crippen LogP contribution < -0.4 is 10.6 Å². The van der Waals surface area contributed by atoms with Gasteiger partial charge in [0.15, 0.2) is 0 Å². The van der Waals surface area contributed by atoms with Gasteiger partial charge in [0, 0.05) is 38.2 Å². The first-order valence-corrected chi connectivity index (χ1v) is 12.7. The predicted octanol–water partition coefficient (Wildman–Crippen LogP) is 3.66. The van der Waals surface area contributed by atoms with Crippen molar-refractivity contribution in [2.24, 2.45) is 5.92 Å². The van der Waals surface area contributed by atoms with E-state index in [1.165, 1.54) is 11.2 Å². The number of hydrogen-bond acceptors (Lipinski definition) is 4. The van der Waals surface area contributed by atoms with Crippen molar-refractivity contribution in [3.8, 4) is 0 Å². The summed E-state index contributed by atoms with van der Waals surface area (Å²) < 4.78 is 27.6. The summed E-state index contributed by atoms with van der Waals surface area (Å²) in [5.41, 5.74) is 2.61. The first kappa shape index (κ1) is 24.9. The van der Waals surface area contributed by atoms with Gasteiger partial charge in [-0.05, 0) is 53.6 Å². The lowest BCUT2D eigenvalue weighted by atomic mass is 9.87. The van der Waals surface area contributed by atoms with Gasteiger partial charge in [-0.1, -0.05) is 45.0 Å². The highest BCUT2D eigenvalue weighted by Gasteiger charge is 2.32. The van der Waals surface area contributed by atoms with E-state index in [1.807, 2.05) is 30.3 Å². The number of hydrogen-bond donors (Lipinski definition) is 2. The maximum Gasteiger partial charge on any atom is 0.243 e. The van der Waals surface area contributed by atoms with Crippen LogP contribution in [0.15, 0.2) is 53.4 Å². The number of nitrogens with zero attached hydrogens (tertiary/aromatic N) is 1. The number of amides is 2. The van der Waals surface area contributed by atoms with Crippen LogP contribution in [0.2, 0.25) is 0 Å². The molecule has 3 rings (SSSR count). The van der Waals surface area contributed by atoms with Crippen LogP contribution in [0.1, 0.15) is 51.7 Å². The van der Waals surface area contributed by atoms with E-state index in [1.54, 1.807) is 18.2 Å². The average Bonchev–Trinajstić information content (AvgIpc) is 2.77. The Labute approximate surface area is 196 Å². The maximum atomic E-state index is 13.0. The Morgan fingerprint density at radius 2 is 1.67 bits per heavy atom. The standard InChI is InChI=1S/C25H33N3O4S/c1-18(29)27-22-7-5-6-19(16-22)17-26-24(30)20-12-14-28(15-13-20)33(31,32)23-10-8-21(9-11-23)25(2,3)4/h5-11,16,20H,12-15,17H2,1-4H3,(H,26,30)(H,27,29). The van der Waals surface area contributed by atoms with Crippen LogP contribution in [0.3, 0.4) is 0 Å². The fourth-order valence-electron chi connectivity index (χ4n) is 3.93. The van der Waals surface area contributed by atoms with Gasteiger partial charge in [-0.15, -0.1) is 0 Å². The molecule has 1 heterocycles. The second-order valence-corrected chi connectivity index (χ2v) is 11.5. The van der Waals surface area contributed by atoms with Crippen molar-refractivity contribution in [2.75, 3.05) is 18.4 Å². The van der Waals surface area contributed by atoms with Crippen molar-refractivity contribution >= 4 is 27.5 Å². The number of piperidine rings is 1.